The van der Waals surface area contributed by atoms with E-state index in [-0.39, 0.29) is 18.6 Å². The molecule has 104 valence electrons. The van der Waals surface area contributed by atoms with Crippen LogP contribution >= 0.6 is 0 Å². The Labute approximate surface area is 114 Å². The van der Waals surface area contributed by atoms with Crippen LogP contribution in [0.5, 0.6) is 5.75 Å². The van der Waals surface area contributed by atoms with Gasteiger partial charge in [0.05, 0.1) is 6.42 Å². The second kappa shape index (κ2) is 6.06. The van der Waals surface area contributed by atoms with Crippen LogP contribution in [0.2, 0.25) is 0 Å². The lowest BCUT2D eigenvalue weighted by Crippen LogP contribution is -2.41. The smallest absolute Gasteiger partial charge is 0.304 e. The molecule has 0 saturated heterocycles. The molecule has 4 nitrogen and oxygen atoms in total. The second-order valence-corrected chi connectivity index (χ2v) is 5.09. The summed E-state index contributed by atoms with van der Waals surface area (Å²) < 4.78 is 5.91. The van der Waals surface area contributed by atoms with Gasteiger partial charge in [-0.25, -0.2) is 0 Å². The fraction of sp³-hybridized carbons (Fsp3) is 0.533. The zero-order chi connectivity index (χ0) is 13.8. The Balaban J connectivity index is 1.92. The minimum atomic E-state index is -0.749. The third-order valence-electron chi connectivity index (χ3n) is 3.65. The molecule has 0 bridgehead atoms. The van der Waals surface area contributed by atoms with Gasteiger partial charge in [-0.05, 0) is 25.1 Å². The maximum absolute atomic E-state index is 10.8. The number of ether oxygens (including phenoxy) is 1. The number of hydrogen-bond acceptors (Lipinski definition) is 3. The van der Waals surface area contributed by atoms with E-state index >= 15 is 0 Å². The number of likely N-dealkylation sites (N-methyl/N-ethyl adjacent to an activating group) is 1. The van der Waals surface area contributed by atoms with E-state index in [0.29, 0.717) is 0 Å². The maximum Gasteiger partial charge on any atom is 0.304 e. The maximum atomic E-state index is 10.8. The summed E-state index contributed by atoms with van der Waals surface area (Å²) in [6, 6.07) is 8.12. The molecule has 1 aromatic carbocycles. The van der Waals surface area contributed by atoms with Gasteiger partial charge < -0.3 is 9.84 Å². The highest BCUT2D eigenvalue weighted by Crippen LogP contribution is 2.28. The van der Waals surface area contributed by atoms with Gasteiger partial charge in [0.1, 0.15) is 11.9 Å². The van der Waals surface area contributed by atoms with Crippen LogP contribution in [-0.2, 0) is 11.2 Å². The van der Waals surface area contributed by atoms with Crippen molar-refractivity contribution >= 4 is 5.97 Å². The molecular formula is C15H21NO3. The number of carboxylic acid groups (broad SMARTS) is 1. The second-order valence-electron chi connectivity index (χ2n) is 5.09. The van der Waals surface area contributed by atoms with Gasteiger partial charge in [-0.1, -0.05) is 25.1 Å². The normalized spacial score (nSPS) is 19.0. The highest BCUT2D eigenvalue weighted by Gasteiger charge is 2.26. The molecule has 19 heavy (non-hydrogen) atoms. The summed E-state index contributed by atoms with van der Waals surface area (Å²) in [5.41, 5.74) is 1.24. The number of para-hydroxylation sites is 1. The van der Waals surface area contributed by atoms with Crippen LogP contribution in [0, 0.1) is 0 Å². The summed E-state index contributed by atoms with van der Waals surface area (Å²) in [7, 11) is 0. The van der Waals surface area contributed by atoms with Crippen molar-refractivity contribution in [2.24, 2.45) is 0 Å². The molecule has 0 fully saturated rings. The van der Waals surface area contributed by atoms with E-state index in [4.69, 9.17) is 9.84 Å². The molecule has 1 N–H and O–H groups in total. The lowest BCUT2D eigenvalue weighted by molar-refractivity contribution is -0.138. The molecule has 1 heterocycles. The molecular weight excluding hydrogens is 242 g/mol. The Bertz CT molecular complexity index is 422. The fourth-order valence-corrected chi connectivity index (χ4v) is 2.62. The van der Waals surface area contributed by atoms with Crippen LogP contribution < -0.4 is 4.74 Å². The molecule has 1 aromatic rings. The topological polar surface area (TPSA) is 49.8 Å². The first kappa shape index (κ1) is 13.9. The van der Waals surface area contributed by atoms with Gasteiger partial charge in [0.2, 0.25) is 0 Å². The van der Waals surface area contributed by atoms with Gasteiger partial charge in [-0.15, -0.1) is 0 Å². The SMILES string of the molecule is CCN(CC1Cc2ccccc2O1)C(C)CC(=O)O. The van der Waals surface area contributed by atoms with Gasteiger partial charge in [0, 0.05) is 19.0 Å². The van der Waals surface area contributed by atoms with E-state index < -0.39 is 5.97 Å². The van der Waals surface area contributed by atoms with Crippen LogP contribution in [0.4, 0.5) is 0 Å². The summed E-state index contributed by atoms with van der Waals surface area (Å²) >= 11 is 0. The quantitative estimate of drug-likeness (QED) is 0.854. The minimum absolute atomic E-state index is 0.0369. The van der Waals surface area contributed by atoms with Crippen molar-refractivity contribution in [3.63, 3.8) is 0 Å². The van der Waals surface area contributed by atoms with Gasteiger partial charge in [0.25, 0.3) is 0 Å². The van der Waals surface area contributed by atoms with Crippen molar-refractivity contribution in [2.45, 2.75) is 38.8 Å². The highest BCUT2D eigenvalue weighted by atomic mass is 16.5. The minimum Gasteiger partial charge on any atom is -0.488 e. The average molecular weight is 263 g/mol. The van der Waals surface area contributed by atoms with Gasteiger partial charge >= 0.3 is 5.97 Å². The first-order valence-corrected chi connectivity index (χ1v) is 6.80. The molecule has 1 aliphatic heterocycles. The largest absolute Gasteiger partial charge is 0.488 e. The lowest BCUT2D eigenvalue weighted by Gasteiger charge is -2.29. The summed E-state index contributed by atoms with van der Waals surface area (Å²) in [5, 5.41) is 8.87. The molecule has 2 atom stereocenters. The highest BCUT2D eigenvalue weighted by molar-refractivity contribution is 5.67. The van der Waals surface area contributed by atoms with Crippen molar-refractivity contribution in [3.05, 3.63) is 29.8 Å². The molecule has 0 aliphatic carbocycles. The molecule has 0 saturated carbocycles. The van der Waals surface area contributed by atoms with Crippen molar-refractivity contribution in [2.75, 3.05) is 13.1 Å². The number of carboxylic acids is 1. The molecule has 0 amide bonds. The Hall–Kier alpha value is -1.55. The molecule has 2 rings (SSSR count). The van der Waals surface area contributed by atoms with E-state index in [1.807, 2.05) is 25.1 Å². The number of aliphatic carboxylic acids is 1. The summed E-state index contributed by atoms with van der Waals surface area (Å²) in [6.07, 6.45) is 1.22. The van der Waals surface area contributed by atoms with Crippen molar-refractivity contribution < 1.29 is 14.6 Å². The van der Waals surface area contributed by atoms with Crippen LogP contribution in [-0.4, -0.2) is 41.2 Å². The van der Waals surface area contributed by atoms with E-state index in [9.17, 15) is 4.79 Å². The number of benzene rings is 1. The first-order chi connectivity index (χ1) is 9.10. The van der Waals surface area contributed by atoms with E-state index in [2.05, 4.69) is 17.9 Å². The Morgan fingerprint density at radius 2 is 2.26 bits per heavy atom. The monoisotopic (exact) mass is 263 g/mol. The van der Waals surface area contributed by atoms with Crippen LogP contribution in [0.1, 0.15) is 25.8 Å². The number of fused-ring (bicyclic) bond motifs is 1. The number of hydrogen-bond donors (Lipinski definition) is 1. The molecule has 0 spiro atoms. The Morgan fingerprint density at radius 3 is 2.89 bits per heavy atom. The molecule has 0 aromatic heterocycles. The molecule has 4 heteroatoms. The van der Waals surface area contributed by atoms with Crippen molar-refractivity contribution in [1.82, 2.24) is 4.90 Å². The van der Waals surface area contributed by atoms with Gasteiger partial charge in [-0.3, -0.25) is 9.69 Å². The predicted octanol–water partition coefficient (Wildman–Crippen LogP) is 2.18. The van der Waals surface area contributed by atoms with Crippen molar-refractivity contribution in [1.29, 1.82) is 0 Å². The number of nitrogens with zero attached hydrogens (tertiary/aromatic N) is 1. The third-order valence-corrected chi connectivity index (χ3v) is 3.65. The first-order valence-electron chi connectivity index (χ1n) is 6.80. The standard InChI is InChI=1S/C15H21NO3/c1-3-16(11(2)8-15(17)18)10-13-9-12-6-4-5-7-14(12)19-13/h4-7,11,13H,3,8-10H2,1-2H3,(H,17,18). The van der Waals surface area contributed by atoms with Gasteiger partial charge in [0.15, 0.2) is 0 Å². The summed E-state index contributed by atoms with van der Waals surface area (Å²) in [4.78, 5) is 13.0. The number of rotatable bonds is 6. The van der Waals surface area contributed by atoms with E-state index in [1.165, 1.54) is 5.56 Å². The van der Waals surface area contributed by atoms with Crippen LogP contribution in [0.25, 0.3) is 0 Å². The van der Waals surface area contributed by atoms with Gasteiger partial charge in [-0.2, -0.15) is 0 Å². The average Bonchev–Trinajstić information content (AvgIpc) is 2.77. The van der Waals surface area contributed by atoms with Crippen molar-refractivity contribution in [3.8, 4) is 5.75 Å². The summed E-state index contributed by atoms with van der Waals surface area (Å²) in [6.45, 7) is 5.63. The zero-order valence-corrected chi connectivity index (χ0v) is 11.5. The molecule has 1 aliphatic rings. The predicted molar refractivity (Wildman–Crippen MR) is 73.5 cm³/mol. The molecule has 2 unspecified atom stereocenters. The third kappa shape index (κ3) is 3.47. The zero-order valence-electron chi connectivity index (χ0n) is 11.5. The number of carbonyl (C=O) groups is 1. The van der Waals surface area contributed by atoms with E-state index in [0.717, 1.165) is 25.3 Å². The molecule has 0 radical (unpaired) electrons. The van der Waals surface area contributed by atoms with Crippen LogP contribution in [0.15, 0.2) is 24.3 Å². The lowest BCUT2D eigenvalue weighted by atomic mass is 10.1. The van der Waals surface area contributed by atoms with E-state index in [1.54, 1.807) is 0 Å². The van der Waals surface area contributed by atoms with Crippen LogP contribution in [0.3, 0.4) is 0 Å². The summed E-state index contributed by atoms with van der Waals surface area (Å²) in [5.74, 6) is 0.219. The Morgan fingerprint density at radius 1 is 1.53 bits per heavy atom. The fourth-order valence-electron chi connectivity index (χ4n) is 2.62. The Kier molecular flexibility index (Phi) is 4.43.